The first kappa shape index (κ1) is 16.0. The van der Waals surface area contributed by atoms with Gasteiger partial charge in [0.05, 0.1) is 12.3 Å². The third kappa shape index (κ3) is 4.29. The van der Waals surface area contributed by atoms with Crippen molar-refractivity contribution >= 4 is 29.0 Å². The lowest BCUT2D eigenvalue weighted by Gasteiger charge is -2.16. The van der Waals surface area contributed by atoms with Crippen LogP contribution in [0.4, 0.5) is 0 Å². The number of nitrogens with zero attached hydrogens (tertiary/aromatic N) is 4. The van der Waals surface area contributed by atoms with E-state index < -0.39 is 0 Å². The molecule has 2 heterocycles. The Labute approximate surface area is 132 Å². The Morgan fingerprint density at radius 2 is 2.33 bits per heavy atom. The number of hydrogen-bond donors (Lipinski definition) is 1. The molecule has 0 unspecified atom stereocenters. The van der Waals surface area contributed by atoms with Gasteiger partial charge in [0.1, 0.15) is 5.82 Å². The van der Waals surface area contributed by atoms with Crippen LogP contribution in [0.2, 0.25) is 0 Å². The predicted octanol–water partition coefficient (Wildman–Crippen LogP) is 1.36. The van der Waals surface area contributed by atoms with Crippen molar-refractivity contribution in [3.63, 3.8) is 0 Å². The summed E-state index contributed by atoms with van der Waals surface area (Å²) in [5.74, 6) is 1.25. The Morgan fingerprint density at radius 3 is 3.00 bits per heavy atom. The maximum Gasteiger partial charge on any atom is 0.233 e. The van der Waals surface area contributed by atoms with E-state index in [1.807, 2.05) is 36.1 Å². The molecule has 0 fully saturated rings. The number of nitrogens with two attached hydrogens (primary N) is 1. The van der Waals surface area contributed by atoms with E-state index >= 15 is 0 Å². The molecule has 0 radical (unpaired) electrons. The average Bonchev–Trinajstić information content (AvgIpc) is 3.08. The van der Waals surface area contributed by atoms with E-state index in [1.165, 1.54) is 16.6 Å². The highest BCUT2D eigenvalue weighted by molar-refractivity contribution is 7.99. The minimum absolute atomic E-state index is 0.0772. The van der Waals surface area contributed by atoms with Crippen molar-refractivity contribution in [3.05, 3.63) is 28.2 Å². The zero-order valence-corrected chi connectivity index (χ0v) is 13.8. The molecular weight excluding hydrogens is 306 g/mol. The second-order valence-electron chi connectivity index (χ2n) is 4.59. The number of thiophene rings is 1. The molecule has 6 nitrogen and oxygen atoms in total. The zero-order valence-electron chi connectivity index (χ0n) is 12.2. The monoisotopic (exact) mass is 325 g/mol. The van der Waals surface area contributed by atoms with Gasteiger partial charge in [0, 0.05) is 25.0 Å². The largest absolute Gasteiger partial charge is 0.340 e. The van der Waals surface area contributed by atoms with Crippen LogP contribution in [0.1, 0.15) is 10.7 Å². The number of hydrogen-bond acceptors (Lipinski definition) is 6. The molecule has 1 amide bonds. The van der Waals surface area contributed by atoms with Gasteiger partial charge in [-0.05, 0) is 18.4 Å². The Kier molecular flexibility index (Phi) is 5.77. The van der Waals surface area contributed by atoms with Gasteiger partial charge in [-0.3, -0.25) is 4.79 Å². The molecule has 0 bridgehead atoms. The molecule has 8 heteroatoms. The van der Waals surface area contributed by atoms with Gasteiger partial charge in [-0.1, -0.05) is 17.8 Å². The molecule has 0 saturated carbocycles. The Morgan fingerprint density at radius 1 is 1.52 bits per heavy atom. The second-order valence-corrected chi connectivity index (χ2v) is 6.56. The lowest BCUT2D eigenvalue weighted by atomic mass is 10.4. The first-order chi connectivity index (χ1) is 10.1. The summed E-state index contributed by atoms with van der Waals surface area (Å²) >= 11 is 3.06. The van der Waals surface area contributed by atoms with Crippen LogP contribution in [0.5, 0.6) is 0 Å². The van der Waals surface area contributed by atoms with E-state index in [0.717, 1.165) is 11.0 Å². The van der Waals surface area contributed by atoms with Crippen molar-refractivity contribution in [3.8, 4) is 0 Å². The van der Waals surface area contributed by atoms with Crippen molar-refractivity contribution < 1.29 is 4.79 Å². The fraction of sp³-hybridized carbons (Fsp3) is 0.462. The Bertz CT molecular complexity index is 581. The van der Waals surface area contributed by atoms with E-state index in [-0.39, 0.29) is 5.91 Å². The fourth-order valence-electron chi connectivity index (χ4n) is 1.82. The number of carbonyl (C=O) groups is 1. The lowest BCUT2D eigenvalue weighted by molar-refractivity contribution is -0.127. The first-order valence-electron chi connectivity index (χ1n) is 6.61. The van der Waals surface area contributed by atoms with Crippen LogP contribution >= 0.6 is 23.1 Å². The Hall–Kier alpha value is -1.38. The minimum Gasteiger partial charge on any atom is -0.340 e. The highest BCUT2D eigenvalue weighted by Crippen LogP contribution is 2.18. The van der Waals surface area contributed by atoms with Crippen molar-refractivity contribution in [1.29, 1.82) is 0 Å². The smallest absolute Gasteiger partial charge is 0.233 e. The molecule has 2 aromatic heterocycles. The summed E-state index contributed by atoms with van der Waals surface area (Å²) < 4.78 is 1.94. The average molecular weight is 325 g/mol. The number of thioether (sulfide) groups is 1. The van der Waals surface area contributed by atoms with Crippen molar-refractivity contribution in [2.45, 2.75) is 25.2 Å². The summed E-state index contributed by atoms with van der Waals surface area (Å²) in [5, 5.41) is 10.9. The number of amides is 1. The maximum atomic E-state index is 12.1. The molecule has 0 aliphatic rings. The molecule has 2 rings (SSSR count). The lowest BCUT2D eigenvalue weighted by Crippen LogP contribution is -2.27. The SMILES string of the molecule is Cc1nnc(SCC(=O)N(C)Cc2cccs2)n1CCN. The summed E-state index contributed by atoms with van der Waals surface area (Å²) in [6.45, 7) is 3.72. The van der Waals surface area contributed by atoms with Gasteiger partial charge in [0.15, 0.2) is 5.16 Å². The van der Waals surface area contributed by atoms with Gasteiger partial charge in [0.2, 0.25) is 5.91 Å². The molecule has 0 aliphatic heterocycles. The molecular formula is C13H19N5OS2. The summed E-state index contributed by atoms with van der Waals surface area (Å²) in [7, 11) is 1.82. The number of carbonyl (C=O) groups excluding carboxylic acids is 1. The summed E-state index contributed by atoms with van der Waals surface area (Å²) in [6.07, 6.45) is 0. The summed E-state index contributed by atoms with van der Waals surface area (Å²) in [5.41, 5.74) is 5.58. The first-order valence-corrected chi connectivity index (χ1v) is 8.47. The van der Waals surface area contributed by atoms with Crippen molar-refractivity contribution in [2.75, 3.05) is 19.3 Å². The summed E-state index contributed by atoms with van der Waals surface area (Å²) in [4.78, 5) is 15.1. The number of aromatic nitrogens is 3. The molecule has 2 aromatic rings. The van der Waals surface area contributed by atoms with Crippen LogP contribution in [0.25, 0.3) is 0 Å². The van der Waals surface area contributed by atoms with E-state index in [1.54, 1.807) is 16.2 Å². The van der Waals surface area contributed by atoms with Crippen LogP contribution < -0.4 is 5.73 Å². The topological polar surface area (TPSA) is 77.0 Å². The summed E-state index contributed by atoms with van der Waals surface area (Å²) in [6, 6.07) is 4.02. The number of aryl methyl sites for hydroxylation is 1. The third-order valence-electron chi connectivity index (χ3n) is 2.98. The van der Waals surface area contributed by atoms with Gasteiger partial charge in [-0.15, -0.1) is 21.5 Å². The van der Waals surface area contributed by atoms with Crippen LogP contribution in [0.15, 0.2) is 22.7 Å². The molecule has 114 valence electrons. The third-order valence-corrected chi connectivity index (χ3v) is 4.79. The Balaban J connectivity index is 1.88. The van der Waals surface area contributed by atoms with E-state index in [0.29, 0.717) is 25.4 Å². The van der Waals surface area contributed by atoms with E-state index in [4.69, 9.17) is 5.73 Å². The van der Waals surface area contributed by atoms with Crippen LogP contribution in [-0.4, -0.2) is 44.9 Å². The maximum absolute atomic E-state index is 12.1. The molecule has 0 aliphatic carbocycles. The highest BCUT2D eigenvalue weighted by Gasteiger charge is 2.14. The minimum atomic E-state index is 0.0772. The van der Waals surface area contributed by atoms with Gasteiger partial charge >= 0.3 is 0 Å². The fourth-order valence-corrected chi connectivity index (χ4v) is 3.52. The second kappa shape index (κ2) is 7.58. The van der Waals surface area contributed by atoms with Crippen molar-refractivity contribution in [1.82, 2.24) is 19.7 Å². The van der Waals surface area contributed by atoms with Crippen LogP contribution in [0, 0.1) is 6.92 Å². The van der Waals surface area contributed by atoms with Crippen LogP contribution in [0.3, 0.4) is 0 Å². The number of rotatable bonds is 7. The molecule has 0 atom stereocenters. The van der Waals surface area contributed by atoms with Gasteiger partial charge in [0.25, 0.3) is 0 Å². The molecule has 0 spiro atoms. The van der Waals surface area contributed by atoms with Gasteiger partial charge < -0.3 is 15.2 Å². The van der Waals surface area contributed by atoms with E-state index in [9.17, 15) is 4.79 Å². The molecule has 21 heavy (non-hydrogen) atoms. The molecule has 0 aromatic carbocycles. The molecule has 0 saturated heterocycles. The van der Waals surface area contributed by atoms with Crippen molar-refractivity contribution in [2.24, 2.45) is 5.73 Å². The van der Waals surface area contributed by atoms with Gasteiger partial charge in [-0.25, -0.2) is 0 Å². The highest BCUT2D eigenvalue weighted by atomic mass is 32.2. The quantitative estimate of drug-likeness (QED) is 0.778. The molecule has 2 N–H and O–H groups in total. The van der Waals surface area contributed by atoms with Gasteiger partial charge in [-0.2, -0.15) is 0 Å². The van der Waals surface area contributed by atoms with E-state index in [2.05, 4.69) is 10.2 Å². The normalized spacial score (nSPS) is 10.8. The standard InChI is InChI=1S/C13H19N5OS2/c1-10-15-16-13(18(10)6-5-14)21-9-12(19)17(2)8-11-4-3-7-20-11/h3-4,7H,5-6,8-9,14H2,1-2H3. The zero-order chi connectivity index (χ0) is 15.2. The predicted molar refractivity (Wildman–Crippen MR) is 85.3 cm³/mol. The van der Waals surface area contributed by atoms with Crippen LogP contribution in [-0.2, 0) is 17.9 Å².